The first-order valence-corrected chi connectivity index (χ1v) is 12.0. The molecule has 0 unspecified atom stereocenters. The van der Waals surface area contributed by atoms with Gasteiger partial charge in [-0.1, -0.05) is 6.07 Å². The van der Waals surface area contributed by atoms with Crippen molar-refractivity contribution < 1.29 is 21.6 Å². The molecule has 0 spiro atoms. The Morgan fingerprint density at radius 1 is 1.12 bits per heavy atom. The first-order valence-electron chi connectivity index (χ1n) is 9.77. The second-order valence-electron chi connectivity index (χ2n) is 7.38. The van der Waals surface area contributed by atoms with Gasteiger partial charge in [0.15, 0.2) is 5.13 Å². The molecule has 3 aromatic rings. The molecule has 3 heterocycles. The summed E-state index contributed by atoms with van der Waals surface area (Å²) >= 11 is 1.47. The second-order valence-corrected chi connectivity index (χ2v) is 10.5. The van der Waals surface area contributed by atoms with E-state index in [-0.39, 0.29) is 18.0 Å². The average molecular weight is 484 g/mol. The van der Waals surface area contributed by atoms with Crippen molar-refractivity contribution in [3.63, 3.8) is 0 Å². The van der Waals surface area contributed by atoms with Crippen LogP contribution in [0.4, 0.5) is 24.1 Å². The van der Waals surface area contributed by atoms with Gasteiger partial charge in [0, 0.05) is 36.1 Å². The number of sulfonamides is 1. The summed E-state index contributed by atoms with van der Waals surface area (Å²) in [5, 5.41) is 3.86. The van der Waals surface area contributed by atoms with Crippen molar-refractivity contribution in [3.8, 4) is 0 Å². The quantitative estimate of drug-likeness (QED) is 0.601. The largest absolute Gasteiger partial charge is 0.416 e. The number of anilines is 2. The molecule has 0 amide bonds. The van der Waals surface area contributed by atoms with E-state index in [0.29, 0.717) is 35.7 Å². The lowest BCUT2D eigenvalue weighted by atomic mass is 10.1. The second kappa shape index (κ2) is 8.41. The first kappa shape index (κ1) is 22.6. The van der Waals surface area contributed by atoms with Crippen LogP contribution in [-0.4, -0.2) is 40.8 Å². The van der Waals surface area contributed by atoms with Gasteiger partial charge < -0.3 is 5.32 Å². The molecule has 7 nitrogen and oxygen atoms in total. The first-order chi connectivity index (χ1) is 15.0. The lowest BCUT2D eigenvalue weighted by Crippen LogP contribution is -2.33. The number of fused-ring (bicyclic) bond motifs is 1. The van der Waals surface area contributed by atoms with Crippen LogP contribution in [0.5, 0.6) is 0 Å². The molecule has 1 aliphatic rings. The summed E-state index contributed by atoms with van der Waals surface area (Å²) < 4.78 is 66.6. The Kier molecular flexibility index (Phi) is 5.94. The zero-order valence-corrected chi connectivity index (χ0v) is 18.9. The van der Waals surface area contributed by atoms with Gasteiger partial charge in [-0.2, -0.15) is 17.5 Å². The lowest BCUT2D eigenvalue weighted by Gasteiger charge is -2.20. The number of alkyl halides is 3. The third-order valence-electron chi connectivity index (χ3n) is 5.06. The molecule has 170 valence electrons. The number of halogens is 3. The standard InChI is InChI=1S/C20H20F3N5O2S2/c1-12-11-24-19(31-12)27-18-16-6-8-28(9-7-17(16)25-13(2)26-18)32(29,30)15-5-3-4-14(10-15)20(21,22)23/h3-5,10-11H,6-9H2,1-2H3,(H,24,25,26,27). The molecule has 1 N–H and O–H groups in total. The number of aryl methyl sites for hydroxylation is 2. The highest BCUT2D eigenvalue weighted by Gasteiger charge is 2.34. The van der Waals surface area contributed by atoms with Crippen molar-refractivity contribution in [2.45, 2.75) is 37.8 Å². The van der Waals surface area contributed by atoms with E-state index in [1.807, 2.05) is 6.92 Å². The van der Waals surface area contributed by atoms with Gasteiger partial charge in [0.05, 0.1) is 16.2 Å². The van der Waals surface area contributed by atoms with Gasteiger partial charge in [-0.3, -0.25) is 0 Å². The third kappa shape index (κ3) is 4.62. The van der Waals surface area contributed by atoms with Gasteiger partial charge in [0.1, 0.15) is 11.6 Å². The van der Waals surface area contributed by atoms with E-state index in [4.69, 9.17) is 0 Å². The van der Waals surface area contributed by atoms with E-state index in [9.17, 15) is 21.6 Å². The Balaban J connectivity index is 1.62. The fourth-order valence-corrected chi connectivity index (χ4v) is 5.69. The van der Waals surface area contributed by atoms with E-state index in [1.165, 1.54) is 21.7 Å². The van der Waals surface area contributed by atoms with Crippen LogP contribution in [0.3, 0.4) is 0 Å². The number of rotatable bonds is 4. The molecule has 4 rings (SSSR count). The highest BCUT2D eigenvalue weighted by Crippen LogP contribution is 2.32. The summed E-state index contributed by atoms with van der Waals surface area (Å²) in [5.74, 6) is 1.11. The van der Waals surface area contributed by atoms with Crippen LogP contribution in [0.1, 0.15) is 27.5 Å². The number of aromatic nitrogens is 3. The van der Waals surface area contributed by atoms with Crippen LogP contribution in [0.2, 0.25) is 0 Å². The Bertz CT molecular complexity index is 1260. The molecule has 0 fully saturated rings. The minimum atomic E-state index is -4.62. The molecule has 0 aliphatic carbocycles. The van der Waals surface area contributed by atoms with Gasteiger partial charge in [-0.15, -0.1) is 11.3 Å². The minimum absolute atomic E-state index is 0.101. The van der Waals surface area contributed by atoms with E-state index >= 15 is 0 Å². The summed E-state index contributed by atoms with van der Waals surface area (Å²) in [7, 11) is -4.11. The van der Waals surface area contributed by atoms with E-state index < -0.39 is 21.8 Å². The topological polar surface area (TPSA) is 88.1 Å². The Morgan fingerprint density at radius 3 is 2.56 bits per heavy atom. The number of hydrogen-bond acceptors (Lipinski definition) is 7. The Hall–Kier alpha value is -2.57. The normalized spacial score (nSPS) is 15.3. The molecule has 0 saturated carbocycles. The van der Waals surface area contributed by atoms with Crippen molar-refractivity contribution in [2.75, 3.05) is 18.4 Å². The average Bonchev–Trinajstić information content (AvgIpc) is 3.00. The maximum atomic E-state index is 13.1. The summed E-state index contributed by atoms with van der Waals surface area (Å²) in [6.45, 7) is 3.90. The highest BCUT2D eigenvalue weighted by molar-refractivity contribution is 7.89. The molecule has 0 saturated heterocycles. The molecule has 0 bridgehead atoms. The predicted octanol–water partition coefficient (Wildman–Crippen LogP) is 4.10. The van der Waals surface area contributed by atoms with Crippen LogP contribution in [-0.2, 0) is 29.0 Å². The lowest BCUT2D eigenvalue weighted by molar-refractivity contribution is -0.137. The van der Waals surface area contributed by atoms with E-state index in [0.717, 1.165) is 28.3 Å². The number of hydrogen-bond donors (Lipinski definition) is 1. The summed E-state index contributed by atoms with van der Waals surface area (Å²) in [4.78, 5) is 13.9. The zero-order valence-electron chi connectivity index (χ0n) is 17.3. The summed E-state index contributed by atoms with van der Waals surface area (Å²) in [5.41, 5.74) is 0.503. The minimum Gasteiger partial charge on any atom is -0.316 e. The molecule has 1 aromatic carbocycles. The van der Waals surface area contributed by atoms with E-state index in [2.05, 4.69) is 20.3 Å². The fourth-order valence-electron chi connectivity index (χ4n) is 3.54. The van der Waals surface area contributed by atoms with Crippen LogP contribution < -0.4 is 5.32 Å². The number of nitrogens with one attached hydrogen (secondary N) is 1. The Labute approximate surface area is 187 Å². The van der Waals surface area contributed by atoms with Crippen molar-refractivity contribution in [1.82, 2.24) is 19.3 Å². The highest BCUT2D eigenvalue weighted by atomic mass is 32.2. The van der Waals surface area contributed by atoms with Gasteiger partial charge in [-0.05, 0) is 38.5 Å². The van der Waals surface area contributed by atoms with Crippen LogP contribution in [0.15, 0.2) is 35.4 Å². The molecule has 12 heteroatoms. The van der Waals surface area contributed by atoms with Gasteiger partial charge >= 0.3 is 6.18 Å². The van der Waals surface area contributed by atoms with Crippen LogP contribution in [0, 0.1) is 13.8 Å². The van der Waals surface area contributed by atoms with Crippen molar-refractivity contribution in [3.05, 3.63) is 58.0 Å². The molecule has 1 aliphatic heterocycles. The van der Waals surface area contributed by atoms with Crippen LogP contribution >= 0.6 is 11.3 Å². The molecular weight excluding hydrogens is 463 g/mol. The van der Waals surface area contributed by atoms with Crippen molar-refractivity contribution in [2.24, 2.45) is 0 Å². The van der Waals surface area contributed by atoms with Crippen LogP contribution in [0.25, 0.3) is 0 Å². The number of benzene rings is 1. The molecule has 32 heavy (non-hydrogen) atoms. The number of nitrogens with zero attached hydrogens (tertiary/aromatic N) is 4. The maximum absolute atomic E-state index is 13.1. The molecule has 0 atom stereocenters. The van der Waals surface area contributed by atoms with Crippen molar-refractivity contribution in [1.29, 1.82) is 0 Å². The fraction of sp³-hybridized carbons (Fsp3) is 0.350. The van der Waals surface area contributed by atoms with Gasteiger partial charge in [0.25, 0.3) is 0 Å². The predicted molar refractivity (Wildman–Crippen MR) is 115 cm³/mol. The van der Waals surface area contributed by atoms with Gasteiger partial charge in [0.2, 0.25) is 10.0 Å². The smallest absolute Gasteiger partial charge is 0.316 e. The van der Waals surface area contributed by atoms with Gasteiger partial charge in [-0.25, -0.2) is 23.4 Å². The molecule has 0 radical (unpaired) electrons. The summed E-state index contributed by atoms with van der Waals surface area (Å²) in [6.07, 6.45) is -2.24. The SMILES string of the molecule is Cc1nc2c(c(Nc3ncc(C)s3)n1)CCN(S(=O)(=O)c1cccc(C(F)(F)F)c1)CC2. The Morgan fingerprint density at radius 2 is 1.88 bits per heavy atom. The summed E-state index contributed by atoms with van der Waals surface area (Å²) in [6, 6.07) is 3.82. The monoisotopic (exact) mass is 483 g/mol. The number of thiazole rings is 1. The van der Waals surface area contributed by atoms with Crippen molar-refractivity contribution >= 4 is 32.3 Å². The third-order valence-corrected chi connectivity index (χ3v) is 7.78. The van der Waals surface area contributed by atoms with E-state index in [1.54, 1.807) is 13.1 Å². The molecule has 2 aromatic heterocycles. The zero-order chi connectivity index (χ0) is 23.1. The maximum Gasteiger partial charge on any atom is 0.416 e. The molecular formula is C20H20F3N5O2S2.